The van der Waals surface area contributed by atoms with Gasteiger partial charge in [0.25, 0.3) is 0 Å². The van der Waals surface area contributed by atoms with Crippen molar-refractivity contribution in [1.82, 2.24) is 19.8 Å². The molecule has 3 unspecified atom stereocenters. The van der Waals surface area contributed by atoms with Crippen LogP contribution in [-0.4, -0.2) is 43.4 Å². The number of hydrogen-bond acceptors (Lipinski definition) is 3. The Morgan fingerprint density at radius 2 is 2.06 bits per heavy atom. The van der Waals surface area contributed by atoms with Crippen molar-refractivity contribution in [3.63, 3.8) is 0 Å². The van der Waals surface area contributed by atoms with Crippen molar-refractivity contribution in [1.29, 1.82) is 0 Å². The molecule has 1 aromatic heterocycles. The summed E-state index contributed by atoms with van der Waals surface area (Å²) in [6, 6.07) is 1.18. The maximum atomic E-state index is 15.1. The lowest BCUT2D eigenvalue weighted by atomic mass is 9.74. The molecule has 1 aliphatic heterocycles. The fourth-order valence-corrected chi connectivity index (χ4v) is 7.09. The first-order valence-corrected chi connectivity index (χ1v) is 12.5. The Balaban J connectivity index is 1.40. The Morgan fingerprint density at radius 1 is 1.30 bits per heavy atom. The van der Waals surface area contributed by atoms with E-state index in [1.807, 2.05) is 0 Å². The molecular weight excluding hydrogens is 477 g/mol. The summed E-state index contributed by atoms with van der Waals surface area (Å²) < 4.78 is 59.3. The monoisotopic (exact) mass is 500 g/mol. The highest BCUT2D eigenvalue weighted by Gasteiger charge is 2.59. The molecule has 178 valence electrons. The molecule has 11 heteroatoms. The summed E-state index contributed by atoms with van der Waals surface area (Å²) in [7, 11) is -1.46. The largest absolute Gasteiger partial charge is 0.348 e. The van der Waals surface area contributed by atoms with Crippen molar-refractivity contribution < 1.29 is 22.2 Å². The third kappa shape index (κ3) is 4.00. The molecule has 2 bridgehead atoms. The van der Waals surface area contributed by atoms with Crippen molar-refractivity contribution in [2.75, 3.05) is 13.1 Å². The van der Waals surface area contributed by atoms with E-state index in [-0.39, 0.29) is 29.5 Å². The molecule has 1 saturated heterocycles. The highest BCUT2D eigenvalue weighted by Crippen LogP contribution is 2.63. The zero-order valence-electron chi connectivity index (χ0n) is 17.8. The Bertz CT molecular complexity index is 1090. The van der Waals surface area contributed by atoms with Gasteiger partial charge in [0, 0.05) is 24.8 Å². The number of amides is 1. The van der Waals surface area contributed by atoms with Crippen LogP contribution in [0.5, 0.6) is 0 Å². The van der Waals surface area contributed by atoms with E-state index in [2.05, 4.69) is 15.5 Å². The van der Waals surface area contributed by atoms with Crippen molar-refractivity contribution in [3.8, 4) is 0 Å². The summed E-state index contributed by atoms with van der Waals surface area (Å²) in [5.41, 5.74) is -2.44. The van der Waals surface area contributed by atoms with Crippen LogP contribution in [0, 0.1) is 23.0 Å². The molecule has 2 saturated carbocycles. The first-order valence-electron chi connectivity index (χ1n) is 11.0. The van der Waals surface area contributed by atoms with Gasteiger partial charge >= 0.3 is 0 Å². The number of nitrogens with zero attached hydrogens (tertiary/aromatic N) is 2. The van der Waals surface area contributed by atoms with Gasteiger partial charge < -0.3 is 5.32 Å². The maximum Gasteiger partial charge on any atom is 0.224 e. The molecule has 1 amide bonds. The predicted octanol–water partition coefficient (Wildman–Crippen LogP) is 4.22. The van der Waals surface area contributed by atoms with Crippen LogP contribution < -0.4 is 5.32 Å². The number of alkyl halides is 1. The van der Waals surface area contributed by atoms with E-state index in [9.17, 15) is 13.4 Å². The summed E-state index contributed by atoms with van der Waals surface area (Å²) >= 11 is 5.95. The molecule has 33 heavy (non-hydrogen) atoms. The Labute approximate surface area is 196 Å². The zero-order chi connectivity index (χ0) is 23.4. The van der Waals surface area contributed by atoms with Crippen LogP contribution in [0.2, 0.25) is 5.02 Å². The summed E-state index contributed by atoms with van der Waals surface area (Å²) in [5, 5.41) is 9.04. The minimum atomic E-state index is -1.46. The van der Waals surface area contributed by atoms with Crippen LogP contribution >= 0.6 is 11.6 Å². The minimum Gasteiger partial charge on any atom is -0.348 e. The third-order valence-electron chi connectivity index (χ3n) is 7.51. The van der Waals surface area contributed by atoms with Gasteiger partial charge in [-0.05, 0) is 56.1 Å². The SMILES string of the molecule is O=C(NC(c1c(F)ccc(Cl)c1F)C12CCC(F)(CC1)C2)C1CCN(S(=O)c2cn[nH]c2)C1. The van der Waals surface area contributed by atoms with Crippen molar-refractivity contribution in [2.45, 2.75) is 55.1 Å². The Kier molecular flexibility index (Phi) is 5.81. The van der Waals surface area contributed by atoms with Crippen LogP contribution in [0.4, 0.5) is 13.2 Å². The molecule has 3 aliphatic rings. The number of nitrogens with one attached hydrogen (secondary N) is 2. The van der Waals surface area contributed by atoms with E-state index in [1.165, 1.54) is 12.4 Å². The summed E-state index contributed by atoms with van der Waals surface area (Å²) in [6.07, 6.45) is 5.08. The molecular formula is C22H24ClF3N4O2S. The first kappa shape index (κ1) is 22.9. The first-order chi connectivity index (χ1) is 15.7. The molecule has 6 nitrogen and oxygen atoms in total. The molecule has 2 aliphatic carbocycles. The van der Waals surface area contributed by atoms with E-state index in [1.54, 1.807) is 4.31 Å². The molecule has 2 N–H and O–H groups in total. The predicted molar refractivity (Wildman–Crippen MR) is 116 cm³/mol. The fourth-order valence-electron chi connectivity index (χ4n) is 5.75. The quantitative estimate of drug-likeness (QED) is 0.583. The summed E-state index contributed by atoms with van der Waals surface area (Å²) in [6.45, 7) is 0.663. The van der Waals surface area contributed by atoms with Gasteiger partial charge in [0.1, 0.15) is 28.3 Å². The van der Waals surface area contributed by atoms with Crippen LogP contribution in [-0.2, 0) is 15.8 Å². The van der Waals surface area contributed by atoms with E-state index >= 15 is 8.78 Å². The summed E-state index contributed by atoms with van der Waals surface area (Å²) in [5.74, 6) is -2.63. The van der Waals surface area contributed by atoms with Crippen molar-refractivity contribution >= 4 is 28.5 Å². The van der Waals surface area contributed by atoms with Gasteiger partial charge in [0.15, 0.2) is 0 Å². The topological polar surface area (TPSA) is 78.1 Å². The minimum absolute atomic E-state index is 0.150. The number of carbonyl (C=O) groups excluding carboxylic acids is 1. The fraction of sp³-hybridized carbons (Fsp3) is 0.545. The molecule has 3 fully saturated rings. The number of halogens is 4. The van der Waals surface area contributed by atoms with E-state index < -0.39 is 45.7 Å². The average Bonchev–Trinajstić information content (AvgIpc) is 3.58. The second-order valence-electron chi connectivity index (χ2n) is 9.45. The highest BCUT2D eigenvalue weighted by molar-refractivity contribution is 7.82. The highest BCUT2D eigenvalue weighted by atomic mass is 35.5. The van der Waals surface area contributed by atoms with Gasteiger partial charge in [-0.25, -0.2) is 21.7 Å². The second-order valence-corrected chi connectivity index (χ2v) is 11.3. The van der Waals surface area contributed by atoms with Crippen molar-refractivity contribution in [2.24, 2.45) is 11.3 Å². The molecule has 2 aromatic rings. The number of hydrogen-bond donors (Lipinski definition) is 2. The lowest BCUT2D eigenvalue weighted by Gasteiger charge is -2.37. The lowest BCUT2D eigenvalue weighted by molar-refractivity contribution is -0.126. The number of H-pyrrole nitrogens is 1. The third-order valence-corrected chi connectivity index (χ3v) is 9.23. The second kappa shape index (κ2) is 8.39. The van der Waals surface area contributed by atoms with E-state index in [0.717, 1.165) is 12.1 Å². The Hall–Kier alpha value is -1.91. The van der Waals surface area contributed by atoms with Crippen LogP contribution in [0.25, 0.3) is 0 Å². The number of fused-ring (bicyclic) bond motifs is 2. The van der Waals surface area contributed by atoms with Crippen LogP contribution in [0.3, 0.4) is 0 Å². The molecule has 5 rings (SSSR count). The van der Waals surface area contributed by atoms with Gasteiger partial charge in [-0.2, -0.15) is 5.10 Å². The standard InChI is InChI=1S/C22H24ClF3N4O2S/c23-15-1-2-16(24)17(18(15)25)19(21-4-6-22(26,12-21)7-5-21)29-20(31)13-3-8-30(11-13)33(32)14-9-27-28-10-14/h1-2,9-10,13,19H,3-8,11-12H2,(H,27,28)(H,29,31). The summed E-state index contributed by atoms with van der Waals surface area (Å²) in [4.78, 5) is 13.8. The van der Waals surface area contributed by atoms with Crippen molar-refractivity contribution in [3.05, 3.63) is 46.7 Å². The van der Waals surface area contributed by atoms with E-state index in [4.69, 9.17) is 11.6 Å². The van der Waals surface area contributed by atoms with Crippen LogP contribution in [0.1, 0.15) is 50.1 Å². The number of benzene rings is 1. The Morgan fingerprint density at radius 3 is 2.70 bits per heavy atom. The number of carbonyl (C=O) groups is 1. The number of rotatable bonds is 6. The van der Waals surface area contributed by atoms with Gasteiger partial charge in [0.05, 0.1) is 28.1 Å². The average molecular weight is 501 g/mol. The normalized spacial score (nSPS) is 31.1. The van der Waals surface area contributed by atoms with Gasteiger partial charge in [-0.3, -0.25) is 9.89 Å². The number of aromatic nitrogens is 2. The van der Waals surface area contributed by atoms with Gasteiger partial charge in [-0.15, -0.1) is 0 Å². The number of aromatic amines is 1. The zero-order valence-corrected chi connectivity index (χ0v) is 19.3. The maximum absolute atomic E-state index is 15.1. The molecule has 0 spiro atoms. The smallest absolute Gasteiger partial charge is 0.224 e. The lowest BCUT2D eigenvalue weighted by Crippen LogP contribution is -2.43. The van der Waals surface area contributed by atoms with E-state index in [0.29, 0.717) is 43.5 Å². The molecule has 0 radical (unpaired) electrons. The molecule has 3 atom stereocenters. The molecule has 1 aromatic carbocycles. The molecule has 2 heterocycles. The van der Waals surface area contributed by atoms with Gasteiger partial charge in [-0.1, -0.05) is 11.6 Å². The van der Waals surface area contributed by atoms with Gasteiger partial charge in [0.2, 0.25) is 5.91 Å². The van der Waals surface area contributed by atoms with Crippen LogP contribution in [0.15, 0.2) is 29.4 Å².